The second-order valence-corrected chi connectivity index (χ2v) is 11.7. The zero-order valence-corrected chi connectivity index (χ0v) is 25.2. The summed E-state index contributed by atoms with van der Waals surface area (Å²) in [6.45, 7) is 4.91. The predicted molar refractivity (Wildman–Crippen MR) is 155 cm³/mol. The fourth-order valence-electron chi connectivity index (χ4n) is 4.74. The molecule has 7 atom stereocenters. The van der Waals surface area contributed by atoms with Gasteiger partial charge in [0.15, 0.2) is 23.9 Å². The minimum atomic E-state index is -0.894. The van der Waals surface area contributed by atoms with E-state index in [4.69, 9.17) is 13.6 Å². The van der Waals surface area contributed by atoms with Gasteiger partial charge in [0.05, 0.1) is 24.1 Å². The van der Waals surface area contributed by atoms with E-state index in [0.29, 0.717) is 19.6 Å². The number of hydrogen-bond acceptors (Lipinski definition) is 12. The molecule has 3 amide bonds. The summed E-state index contributed by atoms with van der Waals surface area (Å²) in [5, 5.41) is 15.5. The first-order chi connectivity index (χ1) is 18.6. The highest BCUT2D eigenvalue weighted by Gasteiger charge is 2.60. The Kier molecular flexibility index (Phi) is 12.0. The average Bonchev–Trinajstić information content (AvgIpc) is 3.10. The minimum Gasteiger partial charge on any atom is -0.428 e. The van der Waals surface area contributed by atoms with Crippen molar-refractivity contribution in [1.82, 2.24) is 35.4 Å². The second kappa shape index (κ2) is 14.7. The molecule has 4 unspecified atom stereocenters. The third-order valence-electron chi connectivity index (χ3n) is 6.36. The predicted octanol–water partition coefficient (Wildman–Crippen LogP) is -3.93. The molecule has 3 aliphatic rings. The number of aliphatic hydroxyl groups is 1. The van der Waals surface area contributed by atoms with Gasteiger partial charge in [0.25, 0.3) is 0 Å². The van der Waals surface area contributed by atoms with Gasteiger partial charge in [0, 0.05) is 25.6 Å². The van der Waals surface area contributed by atoms with Crippen LogP contribution in [0.3, 0.4) is 0 Å². The number of aliphatic imine (C=N–C) groups is 1. The van der Waals surface area contributed by atoms with Gasteiger partial charge in [-0.1, -0.05) is 6.92 Å². The zero-order chi connectivity index (χ0) is 28.7. The first-order valence-corrected chi connectivity index (χ1v) is 14.8. The standard InChI is InChI=1S/C17H32B3N8O8P3/c1-6-9(12(14(31)34-37-24-18)28-11(6)10(7(2)29)13(28)30)5-27-3-8(4-27)21-15(22-16(32)35-38-25-19)23-17(33)36-39-26-20/h6-8,10-11,24-26,29,37-39H,3-5,18-20H2,1-2H3,(H2,21,22,23,32,33)/t6-,7+,10?,11+/m0/s1. The summed E-state index contributed by atoms with van der Waals surface area (Å²) < 4.78 is 15.1. The van der Waals surface area contributed by atoms with E-state index >= 15 is 0 Å². The normalized spacial score (nSPS) is 24.8. The van der Waals surface area contributed by atoms with Crippen LogP contribution in [-0.2, 0) is 23.2 Å². The molecule has 0 radical (unpaired) electrons. The Labute approximate surface area is 234 Å². The zero-order valence-electron chi connectivity index (χ0n) is 22.2. The molecular formula is C17H32B3N8O8P3. The van der Waals surface area contributed by atoms with Crippen molar-refractivity contribution < 1.29 is 37.9 Å². The van der Waals surface area contributed by atoms with Crippen LogP contribution in [-0.4, -0.2) is 107 Å². The fraction of sp³-hybridized carbons (Fsp3) is 0.588. The van der Waals surface area contributed by atoms with Crippen LogP contribution in [0.4, 0.5) is 9.59 Å². The van der Waals surface area contributed by atoms with Gasteiger partial charge < -0.3 is 43.9 Å². The lowest BCUT2D eigenvalue weighted by molar-refractivity contribution is -0.162. The molecular weight excluding hydrogens is 570 g/mol. The van der Waals surface area contributed by atoms with Crippen LogP contribution in [0, 0.1) is 11.8 Å². The summed E-state index contributed by atoms with van der Waals surface area (Å²) >= 11 is 0. The lowest BCUT2D eigenvalue weighted by Crippen LogP contribution is -2.63. The lowest BCUT2D eigenvalue weighted by atomic mass is 9.77. The Morgan fingerprint density at radius 3 is 2.33 bits per heavy atom. The molecule has 3 aliphatic heterocycles. The minimum absolute atomic E-state index is 0.114. The van der Waals surface area contributed by atoms with E-state index in [9.17, 15) is 24.3 Å². The topological polar surface area (TPSA) is 195 Å². The van der Waals surface area contributed by atoms with Crippen LogP contribution in [0.25, 0.3) is 0 Å². The van der Waals surface area contributed by atoms with Crippen LogP contribution in [0.5, 0.6) is 0 Å². The van der Waals surface area contributed by atoms with Crippen LogP contribution >= 0.6 is 26.9 Å². The van der Waals surface area contributed by atoms with E-state index in [1.807, 2.05) is 11.8 Å². The SMILES string of the molecule is BNPOC(=O)/N=C(/NC(=O)OPNB)NC1CN(CC2=C(C(=O)OPNB)N3C(=O)C([C@@H](C)O)[C@H]3[C@H]2C)C1. The molecule has 0 saturated carbocycles. The fourth-order valence-corrected chi connectivity index (χ4v) is 5.51. The number of aliphatic hydroxyl groups excluding tert-OH is 1. The van der Waals surface area contributed by atoms with Gasteiger partial charge in [0.2, 0.25) is 11.9 Å². The Balaban J connectivity index is 1.67. The van der Waals surface area contributed by atoms with Gasteiger partial charge in [-0.15, -0.1) is 4.99 Å². The van der Waals surface area contributed by atoms with Crippen molar-refractivity contribution in [2.24, 2.45) is 16.8 Å². The van der Waals surface area contributed by atoms with E-state index in [2.05, 4.69) is 30.6 Å². The van der Waals surface area contributed by atoms with Gasteiger partial charge in [-0.25, -0.2) is 14.4 Å². The van der Waals surface area contributed by atoms with Gasteiger partial charge in [0.1, 0.15) is 32.6 Å². The number of β-lactam (4-membered cyclic amide) rings is 1. The monoisotopic (exact) mass is 602 g/mol. The van der Waals surface area contributed by atoms with E-state index < -0.39 is 30.2 Å². The number of rotatable bonds is 11. The first kappa shape index (κ1) is 31.7. The molecule has 3 heterocycles. The summed E-state index contributed by atoms with van der Waals surface area (Å²) in [5.74, 6) is -1.71. The molecule has 2 saturated heterocycles. The highest BCUT2D eigenvalue weighted by atomic mass is 31.1. The van der Waals surface area contributed by atoms with E-state index in [-0.39, 0.29) is 62.4 Å². The number of carbonyl (C=O) groups is 4. The summed E-state index contributed by atoms with van der Waals surface area (Å²) in [5.41, 5.74) is 1.000. The van der Waals surface area contributed by atoms with Crippen molar-refractivity contribution in [2.75, 3.05) is 19.6 Å². The molecule has 212 valence electrons. The Morgan fingerprint density at radius 1 is 1.10 bits per heavy atom. The molecule has 0 aromatic carbocycles. The number of fused-ring (bicyclic) bond motifs is 1. The maximum absolute atomic E-state index is 12.9. The van der Waals surface area contributed by atoms with Crippen LogP contribution in [0.1, 0.15) is 13.8 Å². The van der Waals surface area contributed by atoms with Gasteiger partial charge in [-0.2, -0.15) is 0 Å². The number of nitrogens with one attached hydrogen (secondary N) is 5. The third-order valence-corrected chi connectivity index (χ3v) is 7.82. The molecule has 16 nitrogen and oxygen atoms in total. The third kappa shape index (κ3) is 7.68. The van der Waals surface area contributed by atoms with Crippen LogP contribution < -0.4 is 25.6 Å². The average molecular weight is 602 g/mol. The van der Waals surface area contributed by atoms with Crippen LogP contribution in [0.15, 0.2) is 16.3 Å². The molecule has 0 spiro atoms. The Hall–Kier alpha value is -1.83. The number of guanidine groups is 1. The molecule has 0 aromatic heterocycles. The largest absolute Gasteiger partial charge is 0.440 e. The van der Waals surface area contributed by atoms with E-state index in [0.717, 1.165) is 5.57 Å². The smallest absolute Gasteiger partial charge is 0.428 e. The summed E-state index contributed by atoms with van der Waals surface area (Å²) in [4.78, 5) is 65.1. The molecule has 39 heavy (non-hydrogen) atoms. The molecule has 22 heteroatoms. The summed E-state index contributed by atoms with van der Waals surface area (Å²) in [6.07, 6.45) is -2.53. The van der Waals surface area contributed by atoms with Gasteiger partial charge in [-0.3, -0.25) is 15.0 Å². The first-order valence-electron chi connectivity index (χ1n) is 12.1. The van der Waals surface area contributed by atoms with Crippen molar-refractivity contribution in [3.05, 3.63) is 11.3 Å². The molecule has 0 aromatic rings. The molecule has 2 fully saturated rings. The van der Waals surface area contributed by atoms with Crippen molar-refractivity contribution in [2.45, 2.75) is 32.0 Å². The summed E-state index contributed by atoms with van der Waals surface area (Å²) in [7, 11) is 4.05. The molecule has 6 N–H and O–H groups in total. The Bertz CT molecular complexity index is 1020. The number of likely N-dealkylation sites (tertiary alicyclic amines) is 1. The van der Waals surface area contributed by atoms with Gasteiger partial charge in [-0.05, 0) is 12.5 Å². The molecule has 0 aliphatic carbocycles. The number of carbonyl (C=O) groups excluding carboxylic acids is 4. The van der Waals surface area contributed by atoms with Crippen molar-refractivity contribution in [3.8, 4) is 0 Å². The number of amides is 3. The maximum Gasteiger partial charge on any atom is 0.440 e. The van der Waals surface area contributed by atoms with Crippen LogP contribution in [0.2, 0.25) is 0 Å². The molecule has 0 bridgehead atoms. The number of hydrogen-bond donors (Lipinski definition) is 6. The molecule has 3 rings (SSSR count). The van der Waals surface area contributed by atoms with Crippen molar-refractivity contribution in [3.63, 3.8) is 0 Å². The summed E-state index contributed by atoms with van der Waals surface area (Å²) in [6, 6.07) is -0.488. The highest BCUT2D eigenvalue weighted by Crippen LogP contribution is 2.48. The quantitative estimate of drug-likeness (QED) is 0.0336. The Morgan fingerprint density at radius 2 is 1.72 bits per heavy atom. The van der Waals surface area contributed by atoms with E-state index in [1.165, 1.54) is 4.90 Å². The van der Waals surface area contributed by atoms with Crippen molar-refractivity contribution >= 4 is 80.8 Å². The lowest BCUT2D eigenvalue weighted by Gasteiger charge is -2.46. The maximum atomic E-state index is 12.9. The van der Waals surface area contributed by atoms with E-state index in [1.54, 1.807) is 30.9 Å². The number of nitrogens with zero attached hydrogens (tertiary/aromatic N) is 3. The van der Waals surface area contributed by atoms with Gasteiger partial charge >= 0.3 is 18.2 Å². The highest BCUT2D eigenvalue weighted by molar-refractivity contribution is 7.32. The van der Waals surface area contributed by atoms with Crippen molar-refractivity contribution in [1.29, 1.82) is 0 Å². The second-order valence-electron chi connectivity index (χ2n) is 8.95.